The van der Waals surface area contributed by atoms with Gasteiger partial charge in [0.15, 0.2) is 0 Å². The van der Waals surface area contributed by atoms with E-state index in [0.717, 1.165) is 12.1 Å². The second-order valence-electron chi connectivity index (χ2n) is 6.41. The number of sulfonamides is 1. The highest BCUT2D eigenvalue weighted by Crippen LogP contribution is 2.27. The zero-order valence-corrected chi connectivity index (χ0v) is 16.2. The van der Waals surface area contributed by atoms with Crippen molar-refractivity contribution in [2.24, 2.45) is 5.92 Å². The first-order valence-electron chi connectivity index (χ1n) is 8.27. The van der Waals surface area contributed by atoms with Gasteiger partial charge in [0, 0.05) is 32.1 Å². The number of amides is 1. The smallest absolute Gasteiger partial charge is 0.243 e. The molecule has 1 aliphatic rings. The third kappa shape index (κ3) is 4.34. The molecule has 1 aliphatic heterocycles. The van der Waals surface area contributed by atoms with Crippen molar-refractivity contribution in [3.05, 3.63) is 29.0 Å². The number of carbonyl (C=O) groups excluding carboxylic acids is 1. The topological polar surface area (TPSA) is 81.5 Å². The molecule has 26 heavy (non-hydrogen) atoms. The number of rotatable bonds is 5. The second kappa shape index (κ2) is 8.33. The summed E-state index contributed by atoms with van der Waals surface area (Å²) in [4.78, 5) is 14.0. The minimum Gasteiger partial charge on any atom is -0.342 e. The predicted molar refractivity (Wildman–Crippen MR) is 95.4 cm³/mol. The summed E-state index contributed by atoms with van der Waals surface area (Å²) in [7, 11) is -2.12. The molecule has 1 saturated heterocycles. The van der Waals surface area contributed by atoms with Crippen molar-refractivity contribution in [1.29, 1.82) is 5.26 Å². The molecule has 1 amide bonds. The van der Waals surface area contributed by atoms with Gasteiger partial charge in [0.05, 0.1) is 22.4 Å². The van der Waals surface area contributed by atoms with Gasteiger partial charge in [-0.2, -0.15) is 9.57 Å². The molecule has 0 spiro atoms. The first-order chi connectivity index (χ1) is 12.2. The van der Waals surface area contributed by atoms with Gasteiger partial charge in [-0.15, -0.1) is 0 Å². The maximum Gasteiger partial charge on any atom is 0.243 e. The van der Waals surface area contributed by atoms with E-state index in [-0.39, 0.29) is 47.3 Å². The van der Waals surface area contributed by atoms with Crippen LogP contribution >= 0.6 is 11.6 Å². The van der Waals surface area contributed by atoms with Crippen molar-refractivity contribution in [2.75, 3.05) is 20.1 Å². The van der Waals surface area contributed by atoms with Crippen LogP contribution in [0.2, 0.25) is 5.02 Å². The summed E-state index contributed by atoms with van der Waals surface area (Å²) < 4.78 is 39.9. The number of nitriles is 1. The van der Waals surface area contributed by atoms with Crippen LogP contribution in [0.15, 0.2) is 23.1 Å². The van der Waals surface area contributed by atoms with Crippen molar-refractivity contribution < 1.29 is 17.6 Å². The van der Waals surface area contributed by atoms with E-state index in [1.807, 2.05) is 6.07 Å². The maximum absolute atomic E-state index is 13.3. The summed E-state index contributed by atoms with van der Waals surface area (Å²) in [5.74, 6) is -1.02. The Labute approximate surface area is 158 Å². The Bertz CT molecular complexity index is 817. The summed E-state index contributed by atoms with van der Waals surface area (Å²) in [6.45, 7) is 2.21. The lowest BCUT2D eigenvalue weighted by molar-refractivity contribution is -0.137. The summed E-state index contributed by atoms with van der Waals surface area (Å²) in [5.41, 5.74) is 0. The number of benzene rings is 1. The lowest BCUT2D eigenvalue weighted by atomic mass is 9.96. The minimum absolute atomic E-state index is 0.0616. The van der Waals surface area contributed by atoms with Gasteiger partial charge in [-0.25, -0.2) is 12.8 Å². The Hall–Kier alpha value is -1.69. The molecule has 0 saturated carbocycles. The van der Waals surface area contributed by atoms with E-state index >= 15 is 0 Å². The van der Waals surface area contributed by atoms with Gasteiger partial charge in [-0.05, 0) is 38.0 Å². The van der Waals surface area contributed by atoms with E-state index in [4.69, 9.17) is 16.9 Å². The fourth-order valence-corrected chi connectivity index (χ4v) is 4.65. The molecule has 1 fully saturated rings. The molecule has 1 atom stereocenters. The standard InChI is InChI=1S/C17H21ClFN3O3S/c1-12(5-8-20)21(2)17(23)13-6-9-22(10-7-13)26(24,25)14-3-4-16(19)15(18)11-14/h3-4,11-13H,5-7,9-10H2,1-2H3. The summed E-state index contributed by atoms with van der Waals surface area (Å²) in [5, 5.41) is 8.51. The summed E-state index contributed by atoms with van der Waals surface area (Å²) >= 11 is 5.68. The zero-order chi connectivity index (χ0) is 19.5. The monoisotopic (exact) mass is 401 g/mol. The van der Waals surface area contributed by atoms with Gasteiger partial charge < -0.3 is 4.90 Å². The van der Waals surface area contributed by atoms with Crippen LogP contribution in [0.5, 0.6) is 0 Å². The number of piperidine rings is 1. The largest absolute Gasteiger partial charge is 0.342 e. The third-order valence-electron chi connectivity index (χ3n) is 4.73. The Morgan fingerprint density at radius 1 is 1.46 bits per heavy atom. The number of hydrogen-bond donors (Lipinski definition) is 0. The Morgan fingerprint density at radius 3 is 2.62 bits per heavy atom. The van der Waals surface area contributed by atoms with Gasteiger partial charge in [-0.3, -0.25) is 4.79 Å². The highest BCUT2D eigenvalue weighted by atomic mass is 35.5. The average molecular weight is 402 g/mol. The molecule has 9 heteroatoms. The first-order valence-corrected chi connectivity index (χ1v) is 10.1. The lowest BCUT2D eigenvalue weighted by Crippen LogP contribution is -2.45. The molecule has 0 radical (unpaired) electrons. The van der Waals surface area contributed by atoms with Crippen LogP contribution < -0.4 is 0 Å². The minimum atomic E-state index is -3.78. The lowest BCUT2D eigenvalue weighted by Gasteiger charge is -2.34. The van der Waals surface area contributed by atoms with Crippen LogP contribution in [-0.4, -0.2) is 49.7 Å². The van der Waals surface area contributed by atoms with Crippen LogP contribution in [0.4, 0.5) is 4.39 Å². The van der Waals surface area contributed by atoms with E-state index in [1.54, 1.807) is 18.9 Å². The predicted octanol–water partition coefficient (Wildman–Crippen LogP) is 2.64. The highest BCUT2D eigenvalue weighted by Gasteiger charge is 2.34. The quantitative estimate of drug-likeness (QED) is 0.759. The average Bonchev–Trinajstić information content (AvgIpc) is 2.63. The van der Waals surface area contributed by atoms with Gasteiger partial charge >= 0.3 is 0 Å². The molecule has 6 nitrogen and oxygen atoms in total. The van der Waals surface area contributed by atoms with Gasteiger partial charge in [-0.1, -0.05) is 11.6 Å². The molecular weight excluding hydrogens is 381 g/mol. The van der Waals surface area contributed by atoms with Crippen molar-refractivity contribution in [2.45, 2.75) is 37.1 Å². The van der Waals surface area contributed by atoms with Crippen molar-refractivity contribution in [3.8, 4) is 6.07 Å². The van der Waals surface area contributed by atoms with Crippen LogP contribution in [0.3, 0.4) is 0 Å². The van der Waals surface area contributed by atoms with E-state index in [1.165, 1.54) is 10.4 Å². The Morgan fingerprint density at radius 2 is 2.08 bits per heavy atom. The van der Waals surface area contributed by atoms with E-state index in [0.29, 0.717) is 12.8 Å². The fraction of sp³-hybridized carbons (Fsp3) is 0.529. The molecule has 1 aromatic rings. The van der Waals surface area contributed by atoms with Crippen LogP contribution in [0.1, 0.15) is 26.2 Å². The second-order valence-corrected chi connectivity index (χ2v) is 8.76. The molecule has 142 valence electrons. The summed E-state index contributed by atoms with van der Waals surface area (Å²) in [6, 6.07) is 5.16. The van der Waals surface area contributed by atoms with Crippen molar-refractivity contribution >= 4 is 27.5 Å². The zero-order valence-electron chi connectivity index (χ0n) is 14.7. The van der Waals surface area contributed by atoms with Gasteiger partial charge in [0.2, 0.25) is 15.9 Å². The fourth-order valence-electron chi connectivity index (χ4n) is 2.90. The maximum atomic E-state index is 13.3. The van der Waals surface area contributed by atoms with Crippen LogP contribution in [0.25, 0.3) is 0 Å². The molecule has 1 aromatic carbocycles. The van der Waals surface area contributed by atoms with Crippen LogP contribution in [-0.2, 0) is 14.8 Å². The molecule has 0 bridgehead atoms. The van der Waals surface area contributed by atoms with Gasteiger partial charge in [0.1, 0.15) is 5.82 Å². The van der Waals surface area contributed by atoms with Crippen LogP contribution in [0, 0.1) is 23.1 Å². The molecule has 0 aromatic heterocycles. The number of nitrogens with zero attached hydrogens (tertiary/aromatic N) is 3. The Balaban J connectivity index is 2.04. The third-order valence-corrected chi connectivity index (χ3v) is 6.91. The molecule has 2 rings (SSSR count). The van der Waals surface area contributed by atoms with E-state index < -0.39 is 15.8 Å². The Kier molecular flexibility index (Phi) is 6.61. The van der Waals surface area contributed by atoms with Crippen molar-refractivity contribution in [3.63, 3.8) is 0 Å². The molecule has 1 unspecified atom stereocenters. The van der Waals surface area contributed by atoms with E-state index in [9.17, 15) is 17.6 Å². The molecule has 1 heterocycles. The summed E-state index contributed by atoms with van der Waals surface area (Å²) in [6.07, 6.45) is 1.05. The number of halogens is 2. The first kappa shape index (κ1) is 20.6. The van der Waals surface area contributed by atoms with E-state index in [2.05, 4.69) is 0 Å². The molecule has 0 N–H and O–H groups in total. The number of hydrogen-bond acceptors (Lipinski definition) is 4. The molecular formula is C17H21ClFN3O3S. The normalized spacial score (nSPS) is 17.5. The van der Waals surface area contributed by atoms with Gasteiger partial charge in [0.25, 0.3) is 0 Å². The van der Waals surface area contributed by atoms with Crippen molar-refractivity contribution in [1.82, 2.24) is 9.21 Å². The number of carbonyl (C=O) groups is 1. The SMILES string of the molecule is CC(CC#N)N(C)C(=O)C1CCN(S(=O)(=O)c2ccc(F)c(Cl)c2)CC1. The molecule has 0 aliphatic carbocycles. The highest BCUT2D eigenvalue weighted by molar-refractivity contribution is 7.89.